The molecule has 72 valence electrons. The predicted molar refractivity (Wildman–Crippen MR) is 58.2 cm³/mol. The Balaban J connectivity index is 2.96. The van der Waals surface area contributed by atoms with E-state index in [2.05, 4.69) is 11.6 Å². The van der Waals surface area contributed by atoms with Crippen molar-refractivity contribution in [3.05, 3.63) is 60.5 Å². The van der Waals surface area contributed by atoms with E-state index in [1.165, 1.54) is 12.1 Å². The molecule has 0 radical (unpaired) electrons. The molecule has 2 heteroatoms. The number of hydrogen-bond acceptors (Lipinski definition) is 1. The Morgan fingerprint density at radius 2 is 2.00 bits per heavy atom. The lowest BCUT2D eigenvalue weighted by molar-refractivity contribution is 0.628. The number of aliphatic imine (C=N–C) groups is 1. The third-order valence-corrected chi connectivity index (χ3v) is 1.77. The van der Waals surface area contributed by atoms with Crippen LogP contribution in [0.2, 0.25) is 0 Å². The predicted octanol–water partition coefficient (Wildman–Crippen LogP) is 2.99. The molecule has 0 spiro atoms. The number of nitrogens with zero attached hydrogens (tertiary/aromatic N) is 1. The summed E-state index contributed by atoms with van der Waals surface area (Å²) in [6.07, 6.45) is 5.31. The minimum absolute atomic E-state index is 0.239. The molecular weight excluding hydrogens is 177 g/mol. The summed E-state index contributed by atoms with van der Waals surface area (Å²) >= 11 is 0. The van der Waals surface area contributed by atoms with Crippen LogP contribution >= 0.6 is 0 Å². The average molecular weight is 189 g/mol. The molecule has 0 fully saturated rings. The summed E-state index contributed by atoms with van der Waals surface area (Å²) in [5.41, 5.74) is 1.71. The van der Waals surface area contributed by atoms with E-state index in [0.717, 1.165) is 11.3 Å². The normalized spacial score (nSPS) is 12.0. The van der Waals surface area contributed by atoms with Crippen LogP contribution in [0.4, 0.5) is 4.39 Å². The van der Waals surface area contributed by atoms with Gasteiger partial charge in [0.15, 0.2) is 0 Å². The topological polar surface area (TPSA) is 12.4 Å². The lowest BCUT2D eigenvalue weighted by Gasteiger charge is -1.99. The molecule has 0 aliphatic rings. The van der Waals surface area contributed by atoms with E-state index >= 15 is 0 Å². The molecule has 0 unspecified atom stereocenters. The van der Waals surface area contributed by atoms with Crippen LogP contribution in [0.3, 0.4) is 0 Å². The highest BCUT2D eigenvalue weighted by molar-refractivity contribution is 6.08. The maximum absolute atomic E-state index is 12.6. The van der Waals surface area contributed by atoms with Gasteiger partial charge in [0, 0.05) is 7.05 Å². The minimum atomic E-state index is -0.239. The molecule has 0 aromatic heterocycles. The highest BCUT2D eigenvalue weighted by atomic mass is 19.1. The van der Waals surface area contributed by atoms with Crippen LogP contribution < -0.4 is 0 Å². The fourth-order valence-electron chi connectivity index (χ4n) is 1.08. The second kappa shape index (κ2) is 5.12. The van der Waals surface area contributed by atoms with Crippen LogP contribution in [-0.2, 0) is 0 Å². The molecule has 0 N–H and O–H groups in total. The van der Waals surface area contributed by atoms with Gasteiger partial charge in [-0.05, 0) is 35.9 Å². The second-order valence-electron chi connectivity index (χ2n) is 2.71. The van der Waals surface area contributed by atoms with Gasteiger partial charge in [0.25, 0.3) is 0 Å². The van der Waals surface area contributed by atoms with Crippen molar-refractivity contribution in [1.29, 1.82) is 0 Å². The summed E-state index contributed by atoms with van der Waals surface area (Å²) in [4.78, 5) is 4.09. The van der Waals surface area contributed by atoms with Gasteiger partial charge in [-0.2, -0.15) is 0 Å². The number of hydrogen-bond donors (Lipinski definition) is 0. The first kappa shape index (κ1) is 10.4. The molecule has 0 amide bonds. The van der Waals surface area contributed by atoms with Gasteiger partial charge in [-0.15, -0.1) is 0 Å². The number of rotatable bonds is 3. The van der Waals surface area contributed by atoms with E-state index in [1.807, 2.05) is 6.08 Å². The Labute approximate surface area is 83.3 Å². The molecular formula is C12H12FN. The van der Waals surface area contributed by atoms with Crippen LogP contribution in [0.1, 0.15) is 5.56 Å². The largest absolute Gasteiger partial charge is 0.288 e. The fourth-order valence-corrected chi connectivity index (χ4v) is 1.08. The van der Waals surface area contributed by atoms with Crippen LogP contribution in [0.5, 0.6) is 0 Å². The van der Waals surface area contributed by atoms with Crippen molar-refractivity contribution in [3.63, 3.8) is 0 Å². The van der Waals surface area contributed by atoms with E-state index in [0.29, 0.717) is 0 Å². The van der Waals surface area contributed by atoms with Crippen molar-refractivity contribution in [2.45, 2.75) is 0 Å². The van der Waals surface area contributed by atoms with Gasteiger partial charge in [-0.3, -0.25) is 4.99 Å². The summed E-state index contributed by atoms with van der Waals surface area (Å²) < 4.78 is 12.6. The van der Waals surface area contributed by atoms with Gasteiger partial charge in [0.05, 0.1) is 5.71 Å². The Bertz CT molecular complexity index is 360. The van der Waals surface area contributed by atoms with E-state index in [-0.39, 0.29) is 5.82 Å². The van der Waals surface area contributed by atoms with Crippen molar-refractivity contribution < 1.29 is 4.39 Å². The molecule has 1 aromatic carbocycles. The minimum Gasteiger partial charge on any atom is -0.288 e. The van der Waals surface area contributed by atoms with Crippen molar-refractivity contribution in [2.24, 2.45) is 4.99 Å². The van der Waals surface area contributed by atoms with Crippen LogP contribution in [0, 0.1) is 5.82 Å². The monoisotopic (exact) mass is 189 g/mol. The molecule has 1 aromatic rings. The Kier molecular flexibility index (Phi) is 3.80. The Morgan fingerprint density at radius 3 is 2.50 bits per heavy atom. The zero-order valence-corrected chi connectivity index (χ0v) is 8.07. The summed E-state index contributed by atoms with van der Waals surface area (Å²) in [7, 11) is 1.70. The van der Waals surface area contributed by atoms with E-state index in [1.54, 1.807) is 31.3 Å². The van der Waals surface area contributed by atoms with Crippen molar-refractivity contribution in [1.82, 2.24) is 0 Å². The van der Waals surface area contributed by atoms with E-state index < -0.39 is 0 Å². The zero-order valence-electron chi connectivity index (χ0n) is 8.07. The van der Waals surface area contributed by atoms with Crippen LogP contribution in [0.25, 0.3) is 0 Å². The first-order valence-corrected chi connectivity index (χ1v) is 4.29. The van der Waals surface area contributed by atoms with E-state index in [4.69, 9.17) is 0 Å². The number of benzene rings is 1. The summed E-state index contributed by atoms with van der Waals surface area (Å²) in [5, 5.41) is 0. The maximum atomic E-state index is 12.6. The maximum Gasteiger partial charge on any atom is 0.123 e. The molecule has 0 saturated heterocycles. The molecule has 0 saturated carbocycles. The molecule has 14 heavy (non-hydrogen) atoms. The summed E-state index contributed by atoms with van der Waals surface area (Å²) in [5.74, 6) is -0.239. The van der Waals surface area contributed by atoms with Gasteiger partial charge >= 0.3 is 0 Å². The highest BCUT2D eigenvalue weighted by Crippen LogP contribution is 2.05. The van der Waals surface area contributed by atoms with Crippen molar-refractivity contribution in [2.75, 3.05) is 7.05 Å². The van der Waals surface area contributed by atoms with Gasteiger partial charge in [0.2, 0.25) is 0 Å². The van der Waals surface area contributed by atoms with Gasteiger partial charge < -0.3 is 0 Å². The Hall–Kier alpha value is -1.70. The summed E-state index contributed by atoms with van der Waals surface area (Å²) in [6.45, 7) is 3.57. The molecule has 0 aliphatic heterocycles. The van der Waals surface area contributed by atoms with Gasteiger partial charge in [0.1, 0.15) is 5.82 Å². The SMILES string of the molecule is C=C/C=C\C(=NC)c1ccc(F)cc1. The van der Waals surface area contributed by atoms with Gasteiger partial charge in [-0.1, -0.05) is 18.7 Å². The lowest BCUT2D eigenvalue weighted by Crippen LogP contribution is -1.95. The molecule has 1 rings (SSSR count). The van der Waals surface area contributed by atoms with Gasteiger partial charge in [-0.25, -0.2) is 4.39 Å². The molecule has 0 aliphatic carbocycles. The molecule has 1 nitrogen and oxygen atoms in total. The Morgan fingerprint density at radius 1 is 1.36 bits per heavy atom. The highest BCUT2D eigenvalue weighted by Gasteiger charge is 1.97. The first-order chi connectivity index (χ1) is 6.77. The molecule has 0 atom stereocenters. The number of halogens is 1. The van der Waals surface area contributed by atoms with Crippen LogP contribution in [-0.4, -0.2) is 12.8 Å². The quantitative estimate of drug-likeness (QED) is 0.512. The number of allylic oxidation sites excluding steroid dienone is 3. The van der Waals surface area contributed by atoms with Crippen molar-refractivity contribution >= 4 is 5.71 Å². The average Bonchev–Trinajstić information content (AvgIpc) is 2.21. The van der Waals surface area contributed by atoms with E-state index in [9.17, 15) is 4.39 Å². The second-order valence-corrected chi connectivity index (χ2v) is 2.71. The smallest absolute Gasteiger partial charge is 0.123 e. The third-order valence-electron chi connectivity index (χ3n) is 1.77. The van der Waals surface area contributed by atoms with Crippen LogP contribution in [0.15, 0.2) is 54.1 Å². The first-order valence-electron chi connectivity index (χ1n) is 4.29. The third kappa shape index (κ3) is 2.66. The lowest BCUT2D eigenvalue weighted by atomic mass is 10.1. The summed E-state index contributed by atoms with van der Waals surface area (Å²) in [6, 6.07) is 6.24. The zero-order chi connectivity index (χ0) is 10.4. The standard InChI is InChI=1S/C12H12FN/c1-3-4-5-12(14-2)10-6-8-11(13)9-7-10/h3-9H,1H2,2H3/b5-4-,14-12?. The van der Waals surface area contributed by atoms with Crippen molar-refractivity contribution in [3.8, 4) is 0 Å². The molecule has 0 heterocycles. The molecule has 0 bridgehead atoms. The fraction of sp³-hybridized carbons (Fsp3) is 0.0833.